The average Bonchev–Trinajstić information content (AvgIpc) is 3.61. The van der Waals surface area contributed by atoms with E-state index in [0.29, 0.717) is 19.3 Å². The molecule has 422 valence electrons. The summed E-state index contributed by atoms with van der Waals surface area (Å²) in [6, 6.07) is -11.1. The lowest BCUT2D eigenvalue weighted by atomic mass is 9.95. The van der Waals surface area contributed by atoms with Gasteiger partial charge in [0.25, 0.3) is 0 Å². The van der Waals surface area contributed by atoms with Gasteiger partial charge in [0, 0.05) is 11.7 Å². The second-order valence-corrected chi connectivity index (χ2v) is 21.0. The fraction of sp³-hybridized carbons (Fsp3) is 0.784. The molecular weight excluding hydrogens is 957 g/mol. The molecule has 23 nitrogen and oxygen atoms in total. The molecule has 2 aliphatic heterocycles. The molecule has 2 fully saturated rings. The zero-order chi connectivity index (χ0) is 56.1. The van der Waals surface area contributed by atoms with E-state index in [9.17, 15) is 48.3 Å². The molecule has 14 atom stereocenters. The van der Waals surface area contributed by atoms with Crippen LogP contribution in [0.2, 0.25) is 0 Å². The van der Waals surface area contributed by atoms with E-state index in [1.165, 1.54) is 4.90 Å². The second-order valence-electron chi connectivity index (χ2n) is 21.0. The van der Waals surface area contributed by atoms with E-state index < -0.39 is 151 Å². The van der Waals surface area contributed by atoms with Crippen molar-refractivity contribution in [1.82, 2.24) is 47.4 Å². The van der Waals surface area contributed by atoms with Gasteiger partial charge in [-0.1, -0.05) is 95.1 Å². The number of aliphatic hydroxyl groups is 1. The summed E-state index contributed by atoms with van der Waals surface area (Å²) in [6.45, 7) is 23.0. The Morgan fingerprint density at radius 3 is 1.50 bits per heavy atom. The number of rotatable bonds is 16. The summed E-state index contributed by atoms with van der Waals surface area (Å²) in [5.74, 6) is -8.19. The van der Waals surface area contributed by atoms with E-state index in [4.69, 9.17) is 21.9 Å². The van der Waals surface area contributed by atoms with Gasteiger partial charge in [0.05, 0.1) is 19.1 Å². The molecule has 2 bridgehead atoms. The summed E-state index contributed by atoms with van der Waals surface area (Å²) in [7, 11) is 0. The molecule has 0 aliphatic carbocycles. The minimum absolute atomic E-state index is 0.0451. The number of hydrogen-bond acceptors (Lipinski definition) is 15. The smallest absolute Gasteiger partial charge is 0.331 e. The number of aliphatic hydroxyl groups excluding tert-OH is 1. The zero-order valence-corrected chi connectivity index (χ0v) is 45.8. The first kappa shape index (κ1) is 64.7. The maximum atomic E-state index is 14.3. The van der Waals surface area contributed by atoms with Gasteiger partial charge in [-0.15, -0.1) is 0 Å². The Morgan fingerprint density at radius 1 is 0.595 bits per heavy atom. The van der Waals surface area contributed by atoms with Crippen molar-refractivity contribution in [2.75, 3.05) is 26.2 Å². The Kier molecular flexibility index (Phi) is 27.5. The van der Waals surface area contributed by atoms with Crippen LogP contribution in [0.15, 0.2) is 12.3 Å². The van der Waals surface area contributed by atoms with Gasteiger partial charge in [0.2, 0.25) is 47.3 Å². The molecule has 0 aromatic heterocycles. The third kappa shape index (κ3) is 18.8. The van der Waals surface area contributed by atoms with Crippen LogP contribution in [0.4, 0.5) is 0 Å². The topological polar surface area (TPSA) is 361 Å². The third-order valence-corrected chi connectivity index (χ3v) is 14.2. The quantitative estimate of drug-likeness (QED) is 0.0829. The number of nitrogens with two attached hydrogens (primary N) is 3. The van der Waals surface area contributed by atoms with Crippen molar-refractivity contribution in [3.05, 3.63) is 12.3 Å². The third-order valence-electron chi connectivity index (χ3n) is 14.2. The summed E-state index contributed by atoms with van der Waals surface area (Å²) in [6.07, 6.45) is 0.140. The minimum Gasteiger partial charge on any atom is -0.460 e. The Hall–Kier alpha value is -5.39. The summed E-state index contributed by atoms with van der Waals surface area (Å²) in [4.78, 5) is 128. The molecule has 2 heterocycles. The van der Waals surface area contributed by atoms with Gasteiger partial charge in [-0.25, -0.2) is 4.79 Å². The summed E-state index contributed by atoms with van der Waals surface area (Å²) < 4.78 is 5.90. The number of carbonyl (C=O) groups is 9. The predicted molar refractivity (Wildman–Crippen MR) is 280 cm³/mol. The number of hydrogen-bond donors (Lipinski definition) is 12. The Labute approximate surface area is 438 Å². The number of nitrogens with one attached hydrogen (secondary N) is 8. The zero-order valence-electron chi connectivity index (χ0n) is 45.8. The second kappa shape index (κ2) is 31.5. The molecular formula is C51H92N12O11. The van der Waals surface area contributed by atoms with E-state index in [1.807, 2.05) is 27.7 Å². The van der Waals surface area contributed by atoms with Crippen LogP contribution in [0.25, 0.3) is 0 Å². The van der Waals surface area contributed by atoms with E-state index >= 15 is 0 Å². The molecule has 8 amide bonds. The van der Waals surface area contributed by atoms with Crippen molar-refractivity contribution < 1.29 is 53.0 Å². The van der Waals surface area contributed by atoms with E-state index in [1.54, 1.807) is 48.5 Å². The molecule has 15 N–H and O–H groups in total. The van der Waals surface area contributed by atoms with Gasteiger partial charge in [-0.05, 0) is 88.3 Å². The van der Waals surface area contributed by atoms with Crippen molar-refractivity contribution >= 4 is 53.2 Å². The summed E-state index contributed by atoms with van der Waals surface area (Å²) in [5.41, 5.74) is 18.1. The number of ether oxygens (including phenoxy) is 1. The number of cyclic esters (lactones) is 1. The number of fused-ring (bicyclic) bond motifs is 2. The van der Waals surface area contributed by atoms with Crippen molar-refractivity contribution in [3.8, 4) is 0 Å². The largest absolute Gasteiger partial charge is 0.460 e. The molecule has 0 aromatic carbocycles. The predicted octanol–water partition coefficient (Wildman–Crippen LogP) is -0.964. The lowest BCUT2D eigenvalue weighted by molar-refractivity contribution is -0.165. The molecule has 0 aromatic rings. The first-order valence-corrected chi connectivity index (χ1v) is 26.6. The Bertz CT molecular complexity index is 1920. The molecule has 2 aliphatic rings. The Balaban J connectivity index is 2.76. The van der Waals surface area contributed by atoms with Crippen LogP contribution < -0.4 is 59.7 Å². The molecule has 14 unspecified atom stereocenters. The van der Waals surface area contributed by atoms with Crippen molar-refractivity contribution in [2.24, 2.45) is 46.8 Å². The van der Waals surface area contributed by atoms with Crippen LogP contribution in [0.5, 0.6) is 0 Å². The number of nitrogens with zero attached hydrogens (tertiary/aromatic N) is 1. The van der Waals surface area contributed by atoms with Crippen molar-refractivity contribution in [3.63, 3.8) is 0 Å². The SMILES string of the molecule is C=C1NC(C(C)C)C(=O)NC2CC(C)N(C2=O)C(CO)C(=O)OC(C(C)CC)CC(=O)NC(CCN)C(=O)NC(C(C)CC)C(=O)NC(CCN)C(=O)NC(C(C)CC)C(=O)NC(CC(C)C)C(=O)NC1CCN. The van der Waals surface area contributed by atoms with Crippen LogP contribution in [-0.2, 0) is 47.9 Å². The van der Waals surface area contributed by atoms with Gasteiger partial charge in [-0.2, -0.15) is 0 Å². The van der Waals surface area contributed by atoms with Crippen molar-refractivity contribution in [1.29, 1.82) is 0 Å². The average molecular weight is 1050 g/mol. The lowest BCUT2D eigenvalue weighted by Crippen LogP contribution is -2.61. The summed E-state index contributed by atoms with van der Waals surface area (Å²) >= 11 is 0. The standard InChI is InChI=1S/C51H92N12O11/c1-13-28(8)39-24-40(65)56-34(17-20-53)44(66)61-42(29(9)14-2)48(70)58-35(18-21-54)45(67)62-43(30(10)15-3)49(71)59-36(22-26(4)5)46(68)57-33(16-19-52)32(12)55-41(27(6)7)47(69)60-37-23-31(11)63(50(37)72)38(25-64)51(73)74-39/h26-31,33-39,41-43,55,64H,12-25,52-54H2,1-11H3,(H,56,65)(H,57,68)(H,58,70)(H,59,71)(H,60,69)(H,61,66)(H,62,67). The summed E-state index contributed by atoms with van der Waals surface area (Å²) in [5, 5.41) is 33.2. The monoisotopic (exact) mass is 1050 g/mol. The lowest BCUT2D eigenvalue weighted by Gasteiger charge is -2.32. The maximum absolute atomic E-state index is 14.3. The van der Waals surface area contributed by atoms with Crippen LogP contribution in [0.3, 0.4) is 0 Å². The Morgan fingerprint density at radius 2 is 1.04 bits per heavy atom. The molecule has 23 heteroatoms. The molecule has 0 radical (unpaired) electrons. The van der Waals surface area contributed by atoms with Crippen molar-refractivity contribution in [2.45, 2.75) is 200 Å². The highest BCUT2D eigenvalue weighted by molar-refractivity contribution is 5.97. The maximum Gasteiger partial charge on any atom is 0.331 e. The van der Waals surface area contributed by atoms with E-state index in [2.05, 4.69) is 49.1 Å². The number of carbonyl (C=O) groups excluding carboxylic acids is 9. The van der Waals surface area contributed by atoms with Gasteiger partial charge in [-0.3, -0.25) is 38.4 Å². The van der Waals surface area contributed by atoms with Crippen LogP contribution in [0, 0.1) is 29.6 Å². The first-order chi connectivity index (χ1) is 34.8. The highest BCUT2D eigenvalue weighted by atomic mass is 16.5. The minimum atomic E-state index is -1.50. The van der Waals surface area contributed by atoms with Gasteiger partial charge in [0.15, 0.2) is 6.04 Å². The van der Waals surface area contributed by atoms with Gasteiger partial charge >= 0.3 is 5.97 Å². The van der Waals surface area contributed by atoms with Gasteiger partial charge < -0.3 is 74.5 Å². The normalized spacial score (nSPS) is 29.6. The van der Waals surface area contributed by atoms with Gasteiger partial charge in [0.1, 0.15) is 48.4 Å². The molecule has 2 rings (SSSR count). The molecule has 0 saturated carbocycles. The highest BCUT2D eigenvalue weighted by Crippen LogP contribution is 2.25. The van der Waals surface area contributed by atoms with Crippen LogP contribution in [-0.4, -0.2) is 156 Å². The molecule has 2 saturated heterocycles. The number of amides is 8. The highest BCUT2D eigenvalue weighted by Gasteiger charge is 2.46. The van der Waals surface area contributed by atoms with E-state index in [0.717, 1.165) is 0 Å². The first-order valence-electron chi connectivity index (χ1n) is 26.6. The molecule has 0 spiro atoms. The fourth-order valence-corrected chi connectivity index (χ4v) is 8.97. The molecule has 74 heavy (non-hydrogen) atoms. The fourth-order valence-electron chi connectivity index (χ4n) is 8.97. The van der Waals surface area contributed by atoms with Crippen LogP contribution in [0.1, 0.15) is 134 Å². The van der Waals surface area contributed by atoms with Crippen LogP contribution >= 0.6 is 0 Å². The van der Waals surface area contributed by atoms with E-state index in [-0.39, 0.29) is 69.3 Å². The number of esters is 1.